The van der Waals surface area contributed by atoms with Crippen LogP contribution in [0, 0.1) is 0 Å². The van der Waals surface area contributed by atoms with Crippen LogP contribution in [-0.2, 0) is 15.4 Å². The molecule has 4 nitrogen and oxygen atoms in total. The summed E-state index contributed by atoms with van der Waals surface area (Å²) in [6.07, 6.45) is 1.58. The molecule has 0 atom stereocenters. The first-order valence-corrected chi connectivity index (χ1v) is 8.67. The molecule has 1 aromatic carbocycles. The van der Waals surface area contributed by atoms with Gasteiger partial charge in [0, 0.05) is 25.0 Å². The molecule has 2 N–H and O–H groups in total. The molecule has 0 radical (unpaired) electrons. The largest absolute Gasteiger partial charge is 0.330 e. The van der Waals surface area contributed by atoms with Gasteiger partial charge in [-0.25, -0.2) is 12.7 Å². The van der Waals surface area contributed by atoms with Crippen LogP contribution in [0.3, 0.4) is 0 Å². The first-order valence-electron chi connectivity index (χ1n) is 7.17. The topological polar surface area (TPSA) is 63.4 Å². The average molecular weight is 296 g/mol. The van der Waals surface area contributed by atoms with Gasteiger partial charge in [0.1, 0.15) is 0 Å². The smallest absolute Gasteiger partial charge is 0.216 e. The second-order valence-corrected chi connectivity index (χ2v) is 8.33. The zero-order valence-electron chi connectivity index (χ0n) is 12.2. The molecule has 1 saturated heterocycles. The van der Waals surface area contributed by atoms with Gasteiger partial charge in [-0.1, -0.05) is 30.3 Å². The third kappa shape index (κ3) is 2.75. The van der Waals surface area contributed by atoms with E-state index in [2.05, 4.69) is 12.1 Å². The van der Waals surface area contributed by atoms with E-state index < -0.39 is 10.0 Å². The summed E-state index contributed by atoms with van der Waals surface area (Å²) < 4.78 is 26.1. The van der Waals surface area contributed by atoms with E-state index in [0.29, 0.717) is 19.6 Å². The average Bonchev–Trinajstić information content (AvgIpc) is 2.48. The lowest BCUT2D eigenvalue weighted by molar-refractivity contribution is 0.236. The predicted octanol–water partition coefficient (Wildman–Crippen LogP) is 1.72. The molecule has 1 heterocycles. The zero-order valence-corrected chi connectivity index (χ0v) is 13.1. The Balaban J connectivity index is 2.17. The molecule has 0 saturated carbocycles. The summed E-state index contributed by atoms with van der Waals surface area (Å²) in [6, 6.07) is 10.2. The maximum Gasteiger partial charge on any atom is 0.216 e. The Hall–Kier alpha value is -0.910. The van der Waals surface area contributed by atoms with Crippen molar-refractivity contribution in [3.63, 3.8) is 0 Å². The summed E-state index contributed by atoms with van der Waals surface area (Å²) in [5.41, 5.74) is 7.16. The highest BCUT2D eigenvalue weighted by molar-refractivity contribution is 7.89. The molecule has 1 aliphatic rings. The van der Waals surface area contributed by atoms with Crippen LogP contribution in [0.1, 0.15) is 32.3 Å². The molecule has 1 aliphatic heterocycles. The lowest BCUT2D eigenvalue weighted by atomic mass is 9.73. The number of nitrogens with two attached hydrogens (primary N) is 1. The normalized spacial score (nSPS) is 20.2. The fraction of sp³-hybridized carbons (Fsp3) is 0.600. The first kappa shape index (κ1) is 15.5. The van der Waals surface area contributed by atoms with Gasteiger partial charge in [0.25, 0.3) is 0 Å². The van der Waals surface area contributed by atoms with Gasteiger partial charge < -0.3 is 5.73 Å². The lowest BCUT2D eigenvalue weighted by Crippen LogP contribution is -2.49. The molecule has 20 heavy (non-hydrogen) atoms. The third-order valence-electron chi connectivity index (χ3n) is 4.41. The highest BCUT2D eigenvalue weighted by Crippen LogP contribution is 2.35. The van der Waals surface area contributed by atoms with Crippen LogP contribution in [0.15, 0.2) is 30.3 Å². The van der Waals surface area contributed by atoms with Crippen molar-refractivity contribution < 1.29 is 8.42 Å². The van der Waals surface area contributed by atoms with Crippen LogP contribution in [0.4, 0.5) is 0 Å². The third-order valence-corrected chi connectivity index (χ3v) is 6.69. The fourth-order valence-electron chi connectivity index (χ4n) is 2.87. The number of sulfonamides is 1. The predicted molar refractivity (Wildman–Crippen MR) is 82.0 cm³/mol. The van der Waals surface area contributed by atoms with Gasteiger partial charge in [-0.2, -0.15) is 0 Å². The maximum absolute atomic E-state index is 12.2. The Labute approximate surface area is 122 Å². The van der Waals surface area contributed by atoms with Gasteiger partial charge in [0.15, 0.2) is 0 Å². The molecule has 0 unspecified atom stereocenters. The molecule has 1 aromatic rings. The summed E-state index contributed by atoms with van der Waals surface area (Å²) in [7, 11) is -3.15. The van der Waals surface area contributed by atoms with E-state index in [4.69, 9.17) is 5.73 Å². The second kappa shape index (κ2) is 5.84. The van der Waals surface area contributed by atoms with E-state index in [1.165, 1.54) is 5.56 Å². The molecule has 0 amide bonds. The van der Waals surface area contributed by atoms with Crippen molar-refractivity contribution in [2.75, 3.05) is 19.6 Å². The Morgan fingerprint density at radius 1 is 1.20 bits per heavy atom. The molecule has 112 valence electrons. The van der Waals surface area contributed by atoms with Crippen LogP contribution in [0.25, 0.3) is 0 Å². The fourth-order valence-corrected chi connectivity index (χ4v) is 4.16. The van der Waals surface area contributed by atoms with Gasteiger partial charge in [0.2, 0.25) is 10.0 Å². The molecule has 5 heteroatoms. The molecule has 2 rings (SSSR count). The number of rotatable bonds is 4. The number of hydrogen-bond acceptors (Lipinski definition) is 3. The van der Waals surface area contributed by atoms with Crippen molar-refractivity contribution in [2.24, 2.45) is 5.73 Å². The number of nitrogens with zero attached hydrogens (tertiary/aromatic N) is 1. The van der Waals surface area contributed by atoms with Gasteiger partial charge >= 0.3 is 0 Å². The molecular weight excluding hydrogens is 272 g/mol. The van der Waals surface area contributed by atoms with Crippen molar-refractivity contribution in [1.29, 1.82) is 0 Å². The van der Waals surface area contributed by atoms with Gasteiger partial charge in [0.05, 0.1) is 5.25 Å². The number of benzene rings is 1. The Kier molecular flexibility index (Phi) is 4.52. The van der Waals surface area contributed by atoms with Gasteiger partial charge in [-0.3, -0.25) is 0 Å². The van der Waals surface area contributed by atoms with Crippen molar-refractivity contribution in [2.45, 2.75) is 37.4 Å². The van der Waals surface area contributed by atoms with Crippen molar-refractivity contribution in [3.8, 4) is 0 Å². The van der Waals surface area contributed by atoms with Crippen LogP contribution >= 0.6 is 0 Å². The summed E-state index contributed by atoms with van der Waals surface area (Å²) in [4.78, 5) is 0. The molecule has 0 bridgehead atoms. The lowest BCUT2D eigenvalue weighted by Gasteiger charge is -2.41. The quantitative estimate of drug-likeness (QED) is 0.920. The maximum atomic E-state index is 12.2. The Morgan fingerprint density at radius 3 is 2.20 bits per heavy atom. The summed E-state index contributed by atoms with van der Waals surface area (Å²) in [5, 5.41) is -0.357. The highest BCUT2D eigenvalue weighted by atomic mass is 32.2. The first-order chi connectivity index (χ1) is 9.42. The Bertz CT molecular complexity index is 532. The summed E-state index contributed by atoms with van der Waals surface area (Å²) >= 11 is 0. The van der Waals surface area contributed by atoms with E-state index in [1.807, 2.05) is 18.2 Å². The van der Waals surface area contributed by atoms with Crippen LogP contribution in [-0.4, -0.2) is 37.6 Å². The van der Waals surface area contributed by atoms with Gasteiger partial charge in [-0.15, -0.1) is 0 Å². The van der Waals surface area contributed by atoms with E-state index >= 15 is 0 Å². The van der Waals surface area contributed by atoms with Crippen molar-refractivity contribution >= 4 is 10.0 Å². The SMILES string of the molecule is CC(C)S(=O)(=O)N1CCC(CN)(c2ccccc2)CC1. The minimum atomic E-state index is -3.15. The van der Waals surface area contributed by atoms with E-state index in [-0.39, 0.29) is 10.7 Å². The van der Waals surface area contributed by atoms with Crippen molar-refractivity contribution in [3.05, 3.63) is 35.9 Å². The van der Waals surface area contributed by atoms with Crippen LogP contribution < -0.4 is 5.73 Å². The van der Waals surface area contributed by atoms with E-state index in [9.17, 15) is 8.42 Å². The van der Waals surface area contributed by atoms with Crippen LogP contribution in [0.2, 0.25) is 0 Å². The highest BCUT2D eigenvalue weighted by Gasteiger charge is 2.38. The zero-order chi connectivity index (χ0) is 14.8. The molecular formula is C15H24N2O2S. The summed E-state index contributed by atoms with van der Waals surface area (Å²) in [6.45, 7) is 5.15. The minimum Gasteiger partial charge on any atom is -0.330 e. The Morgan fingerprint density at radius 2 is 1.75 bits per heavy atom. The number of hydrogen-bond donors (Lipinski definition) is 1. The molecule has 0 spiro atoms. The molecule has 0 aromatic heterocycles. The second-order valence-electron chi connectivity index (χ2n) is 5.84. The summed E-state index contributed by atoms with van der Waals surface area (Å²) in [5.74, 6) is 0. The minimum absolute atomic E-state index is 0.0791. The van der Waals surface area contributed by atoms with E-state index in [0.717, 1.165) is 12.8 Å². The van der Waals surface area contributed by atoms with Gasteiger partial charge in [-0.05, 0) is 32.3 Å². The monoisotopic (exact) mass is 296 g/mol. The molecule has 0 aliphatic carbocycles. The molecule has 1 fully saturated rings. The number of piperidine rings is 1. The standard InChI is InChI=1S/C15H24N2O2S/c1-13(2)20(18,19)17-10-8-15(12-16,9-11-17)14-6-4-3-5-7-14/h3-7,13H,8-12,16H2,1-2H3. The van der Waals surface area contributed by atoms with Crippen molar-refractivity contribution in [1.82, 2.24) is 4.31 Å². The van der Waals surface area contributed by atoms with Crippen LogP contribution in [0.5, 0.6) is 0 Å². The van der Waals surface area contributed by atoms with E-state index in [1.54, 1.807) is 18.2 Å².